The Morgan fingerprint density at radius 1 is 0.955 bits per heavy atom. The molecule has 0 aliphatic heterocycles. The SMILES string of the molecule is CCCOC(OCCC)C(=O)C(CC)(OCCC)C(=O)O.[AlH3]. The van der Waals surface area contributed by atoms with Crippen molar-refractivity contribution in [3.63, 3.8) is 0 Å². The van der Waals surface area contributed by atoms with Crippen molar-refractivity contribution >= 4 is 29.1 Å². The maximum atomic E-state index is 12.6. The Kier molecular flexibility index (Phi) is 14.1. The minimum atomic E-state index is -1.90. The molecular formula is C15H31AlO6. The molecule has 0 radical (unpaired) electrons. The van der Waals surface area contributed by atoms with Gasteiger partial charge in [0.25, 0.3) is 0 Å². The van der Waals surface area contributed by atoms with Gasteiger partial charge < -0.3 is 19.3 Å². The molecule has 0 aromatic rings. The molecule has 7 heteroatoms. The largest absolute Gasteiger partial charge is 0.479 e. The second-order valence-corrected chi connectivity index (χ2v) is 4.77. The summed E-state index contributed by atoms with van der Waals surface area (Å²) in [6.45, 7) is 8.11. The highest BCUT2D eigenvalue weighted by Crippen LogP contribution is 2.22. The summed E-state index contributed by atoms with van der Waals surface area (Å²) in [6.07, 6.45) is 0.877. The third kappa shape index (κ3) is 6.76. The van der Waals surface area contributed by atoms with E-state index in [-0.39, 0.29) is 30.4 Å². The molecule has 0 aromatic carbocycles. The van der Waals surface area contributed by atoms with Crippen LogP contribution in [-0.2, 0) is 23.8 Å². The molecule has 0 heterocycles. The third-order valence-corrected chi connectivity index (χ3v) is 2.95. The number of carbonyl (C=O) groups is 2. The van der Waals surface area contributed by atoms with Gasteiger partial charge in [0.15, 0.2) is 17.4 Å². The van der Waals surface area contributed by atoms with E-state index in [0.29, 0.717) is 32.5 Å². The number of hydrogen-bond donors (Lipinski definition) is 1. The number of carboxylic acid groups (broad SMARTS) is 1. The van der Waals surface area contributed by atoms with E-state index in [1.165, 1.54) is 0 Å². The maximum Gasteiger partial charge on any atom is 0.344 e. The lowest BCUT2D eigenvalue weighted by molar-refractivity contribution is -0.200. The van der Waals surface area contributed by atoms with Gasteiger partial charge in [-0.25, -0.2) is 4.79 Å². The molecule has 1 N–H and O–H groups in total. The summed E-state index contributed by atoms with van der Waals surface area (Å²) in [7, 11) is 0. The molecule has 1 atom stereocenters. The summed E-state index contributed by atoms with van der Waals surface area (Å²) in [6, 6.07) is 0. The highest BCUT2D eigenvalue weighted by atomic mass is 27.0. The van der Waals surface area contributed by atoms with Crippen LogP contribution in [0, 0.1) is 0 Å². The number of ether oxygens (including phenoxy) is 3. The molecule has 0 rings (SSSR count). The molecule has 0 fully saturated rings. The molecular weight excluding hydrogens is 303 g/mol. The maximum absolute atomic E-state index is 12.6. The van der Waals surface area contributed by atoms with E-state index in [9.17, 15) is 14.7 Å². The van der Waals surface area contributed by atoms with Gasteiger partial charge in [-0.3, -0.25) is 4.79 Å². The van der Waals surface area contributed by atoms with Crippen molar-refractivity contribution in [3.8, 4) is 0 Å². The molecule has 0 saturated carbocycles. The van der Waals surface area contributed by atoms with E-state index in [1.54, 1.807) is 6.92 Å². The molecule has 0 bridgehead atoms. The quantitative estimate of drug-likeness (QED) is 0.310. The monoisotopic (exact) mass is 334 g/mol. The van der Waals surface area contributed by atoms with Crippen LogP contribution in [0.15, 0.2) is 0 Å². The molecule has 0 amide bonds. The van der Waals surface area contributed by atoms with Crippen molar-refractivity contribution in [2.45, 2.75) is 65.3 Å². The average Bonchev–Trinajstić information content (AvgIpc) is 2.48. The van der Waals surface area contributed by atoms with Crippen LogP contribution in [0.2, 0.25) is 0 Å². The molecule has 0 aliphatic rings. The zero-order valence-corrected chi connectivity index (χ0v) is 13.5. The predicted molar refractivity (Wildman–Crippen MR) is 88.1 cm³/mol. The van der Waals surface area contributed by atoms with Gasteiger partial charge in [-0.2, -0.15) is 0 Å². The molecule has 130 valence electrons. The summed E-state index contributed by atoms with van der Waals surface area (Å²) in [5.74, 6) is -1.97. The van der Waals surface area contributed by atoms with E-state index in [1.807, 2.05) is 20.8 Å². The normalized spacial score (nSPS) is 13.5. The van der Waals surface area contributed by atoms with E-state index < -0.39 is 23.6 Å². The first-order valence-corrected chi connectivity index (χ1v) is 7.64. The van der Waals surface area contributed by atoms with Crippen LogP contribution in [0.1, 0.15) is 53.4 Å². The molecule has 1 unspecified atom stereocenters. The van der Waals surface area contributed by atoms with Crippen molar-refractivity contribution in [1.29, 1.82) is 0 Å². The van der Waals surface area contributed by atoms with Crippen molar-refractivity contribution < 1.29 is 28.9 Å². The van der Waals surface area contributed by atoms with Gasteiger partial charge in [-0.05, 0) is 25.7 Å². The Morgan fingerprint density at radius 3 is 1.73 bits per heavy atom. The van der Waals surface area contributed by atoms with Gasteiger partial charge in [-0.15, -0.1) is 0 Å². The van der Waals surface area contributed by atoms with Crippen LogP contribution in [-0.4, -0.2) is 65.9 Å². The molecule has 22 heavy (non-hydrogen) atoms. The predicted octanol–water partition coefficient (Wildman–Crippen LogP) is 1.21. The first kappa shape index (κ1) is 23.8. The fourth-order valence-corrected chi connectivity index (χ4v) is 1.78. The Balaban J connectivity index is 0. The van der Waals surface area contributed by atoms with Crippen LogP contribution >= 0.6 is 0 Å². The van der Waals surface area contributed by atoms with Gasteiger partial charge in [0.2, 0.25) is 17.7 Å². The Hall–Kier alpha value is -0.448. The van der Waals surface area contributed by atoms with Crippen molar-refractivity contribution in [1.82, 2.24) is 0 Å². The van der Waals surface area contributed by atoms with Crippen LogP contribution < -0.4 is 0 Å². The molecule has 0 aliphatic carbocycles. The molecule has 0 aromatic heterocycles. The van der Waals surface area contributed by atoms with Crippen LogP contribution in [0.25, 0.3) is 0 Å². The summed E-state index contributed by atoms with van der Waals surface area (Å²) in [4.78, 5) is 24.2. The summed E-state index contributed by atoms with van der Waals surface area (Å²) < 4.78 is 16.1. The van der Waals surface area contributed by atoms with E-state index in [0.717, 1.165) is 0 Å². The second kappa shape index (κ2) is 13.0. The van der Waals surface area contributed by atoms with Gasteiger partial charge >= 0.3 is 5.97 Å². The smallest absolute Gasteiger partial charge is 0.344 e. The van der Waals surface area contributed by atoms with Crippen LogP contribution in [0.4, 0.5) is 0 Å². The standard InChI is InChI=1S/C15H28O6.Al.3H/c1-5-9-19-13(20-10-6-2)12(16)15(8-4,14(17)18)21-11-7-3;;;;/h13H,5-11H2,1-4H3,(H,17,18);;;;. The summed E-state index contributed by atoms with van der Waals surface area (Å²) in [5, 5.41) is 9.46. The third-order valence-electron chi connectivity index (χ3n) is 2.95. The highest BCUT2D eigenvalue weighted by Gasteiger charge is 2.49. The Bertz CT molecular complexity index is 315. The first-order chi connectivity index (χ1) is 9.99. The number of ketones is 1. The highest BCUT2D eigenvalue weighted by molar-refractivity contribution is 6.08. The first-order valence-electron chi connectivity index (χ1n) is 7.64. The fourth-order valence-electron chi connectivity index (χ4n) is 1.78. The second-order valence-electron chi connectivity index (χ2n) is 4.77. The zero-order chi connectivity index (χ0) is 16.3. The van der Waals surface area contributed by atoms with Crippen LogP contribution in [0.3, 0.4) is 0 Å². The lowest BCUT2D eigenvalue weighted by Crippen LogP contribution is -2.54. The van der Waals surface area contributed by atoms with E-state index >= 15 is 0 Å². The number of aliphatic carboxylic acids is 1. The number of carboxylic acids is 1. The van der Waals surface area contributed by atoms with Crippen molar-refractivity contribution in [2.75, 3.05) is 19.8 Å². The lowest BCUT2D eigenvalue weighted by Gasteiger charge is -2.30. The van der Waals surface area contributed by atoms with Gasteiger partial charge in [-0.1, -0.05) is 27.7 Å². The van der Waals surface area contributed by atoms with Crippen LogP contribution in [0.5, 0.6) is 0 Å². The Labute approximate surface area is 143 Å². The molecule has 0 spiro atoms. The topological polar surface area (TPSA) is 82.1 Å². The number of Topliss-reactive ketones (excluding diaryl/α,β-unsaturated/α-hetero) is 1. The van der Waals surface area contributed by atoms with Gasteiger partial charge in [0, 0.05) is 19.8 Å². The van der Waals surface area contributed by atoms with E-state index in [2.05, 4.69) is 0 Å². The van der Waals surface area contributed by atoms with Crippen molar-refractivity contribution in [3.05, 3.63) is 0 Å². The molecule has 0 saturated heterocycles. The minimum absolute atomic E-state index is 0. The number of carbonyl (C=O) groups excluding carboxylic acids is 1. The van der Waals surface area contributed by atoms with Crippen molar-refractivity contribution in [2.24, 2.45) is 0 Å². The number of hydrogen-bond acceptors (Lipinski definition) is 5. The lowest BCUT2D eigenvalue weighted by atomic mass is 9.94. The van der Waals surface area contributed by atoms with E-state index in [4.69, 9.17) is 14.2 Å². The number of rotatable bonds is 13. The summed E-state index contributed by atoms with van der Waals surface area (Å²) in [5.41, 5.74) is -1.90. The minimum Gasteiger partial charge on any atom is -0.479 e. The Morgan fingerprint density at radius 2 is 1.41 bits per heavy atom. The van der Waals surface area contributed by atoms with Gasteiger partial charge in [0.05, 0.1) is 0 Å². The zero-order valence-electron chi connectivity index (χ0n) is 13.5. The fraction of sp³-hybridized carbons (Fsp3) is 0.867. The van der Waals surface area contributed by atoms with Gasteiger partial charge in [0.1, 0.15) is 0 Å². The summed E-state index contributed by atoms with van der Waals surface area (Å²) >= 11 is 0. The molecule has 6 nitrogen and oxygen atoms in total. The average molecular weight is 334 g/mol.